The van der Waals surface area contributed by atoms with E-state index in [4.69, 9.17) is 17.9 Å². The molecule has 4 aliphatic rings. The van der Waals surface area contributed by atoms with Crippen LogP contribution < -0.4 is 15.4 Å². The summed E-state index contributed by atoms with van der Waals surface area (Å²) in [6.45, 7) is 11.0. The number of morpholine rings is 1. The van der Waals surface area contributed by atoms with Gasteiger partial charge in [0, 0.05) is 42.3 Å². The minimum absolute atomic E-state index is 0.0364. The maximum atomic E-state index is 17.4. The third-order valence-electron chi connectivity index (χ3n) is 12.4. The van der Waals surface area contributed by atoms with Crippen LogP contribution in [0.3, 0.4) is 0 Å². The Kier molecular flexibility index (Phi) is 8.90. The summed E-state index contributed by atoms with van der Waals surface area (Å²) in [5, 5.41) is 0.381. The minimum Gasteiger partial charge on any atom is -0.461 e. The molecule has 4 aromatic rings. The van der Waals surface area contributed by atoms with Gasteiger partial charge < -0.3 is 20.1 Å². The quantitative estimate of drug-likeness (QED) is 0.0828. The molecule has 4 fully saturated rings. The number of anilines is 2. The van der Waals surface area contributed by atoms with Gasteiger partial charge in [0.05, 0.1) is 31.9 Å². The van der Waals surface area contributed by atoms with Crippen LogP contribution in [0.5, 0.6) is 6.01 Å². The number of fused-ring (bicyclic) bond motifs is 4. The van der Waals surface area contributed by atoms with Crippen molar-refractivity contribution < 1.29 is 34.2 Å². The van der Waals surface area contributed by atoms with Crippen LogP contribution in [-0.4, -0.2) is 90.8 Å². The first kappa shape index (κ1) is 35.4. The van der Waals surface area contributed by atoms with E-state index in [-0.39, 0.29) is 92.7 Å². The molecule has 0 amide bonds. The molecule has 2 N–H and O–H groups in total. The molecule has 5 heterocycles. The van der Waals surface area contributed by atoms with Gasteiger partial charge in [-0.3, -0.25) is 9.88 Å². The largest absolute Gasteiger partial charge is 0.461 e. The topological polar surface area (TPSA) is 89.6 Å². The lowest BCUT2D eigenvalue weighted by atomic mass is 9.95. The summed E-state index contributed by atoms with van der Waals surface area (Å²) in [5.41, 5.74) is 8.33. The second kappa shape index (κ2) is 13.8. The van der Waals surface area contributed by atoms with Crippen molar-refractivity contribution >= 4 is 41.3 Å². The van der Waals surface area contributed by atoms with Gasteiger partial charge >= 0.3 is 6.01 Å². The molecule has 292 valence electrons. The highest BCUT2D eigenvalue weighted by Gasteiger charge is 2.59. The number of benzene rings is 2. The molecule has 0 bridgehead atoms. The molecule has 2 aromatic carbocycles. The van der Waals surface area contributed by atoms with E-state index in [0.29, 0.717) is 19.4 Å². The van der Waals surface area contributed by atoms with Gasteiger partial charge in [0.25, 0.3) is 0 Å². The minimum atomic E-state index is -2.50. The predicted octanol–water partition coefficient (Wildman–Crippen LogP) is 8.29. The molecular weight excluding hydrogens is 732 g/mol. The molecule has 1 saturated carbocycles. The Morgan fingerprint density at radius 3 is 2.53 bits per heavy atom. The molecule has 3 saturated heterocycles. The van der Waals surface area contributed by atoms with Crippen molar-refractivity contribution in [2.75, 3.05) is 43.4 Å². The molecule has 0 radical (unpaired) electrons. The maximum absolute atomic E-state index is 17.4. The van der Waals surface area contributed by atoms with E-state index < -0.39 is 68.1 Å². The average Bonchev–Trinajstić information content (AvgIpc) is 3.43. The zero-order valence-electron chi connectivity index (χ0n) is 33.8. The number of halogens is 5. The lowest BCUT2D eigenvalue weighted by Gasteiger charge is -2.38. The second-order valence-electron chi connectivity index (χ2n) is 16.4. The zero-order chi connectivity index (χ0) is 40.9. The summed E-state index contributed by atoms with van der Waals surface area (Å²) in [5.74, 6) is -0.207. The fourth-order valence-electron chi connectivity index (χ4n) is 9.75. The monoisotopic (exact) mass is 780 g/mol. The van der Waals surface area contributed by atoms with Crippen molar-refractivity contribution in [3.05, 3.63) is 47.4 Å². The molecule has 55 heavy (non-hydrogen) atoms. The normalized spacial score (nSPS) is 26.0. The number of alkyl halides is 2. The molecule has 3 aliphatic heterocycles. The summed E-state index contributed by atoms with van der Waals surface area (Å²) in [7, 11) is -2.46. The highest BCUT2D eigenvalue weighted by molar-refractivity contribution is 6.90. The Morgan fingerprint density at radius 2 is 1.80 bits per heavy atom. The highest BCUT2D eigenvalue weighted by Crippen LogP contribution is 2.45. The molecule has 0 spiro atoms. The molecule has 14 heteroatoms. The number of nitrogens with two attached hydrogens (primary N) is 1. The van der Waals surface area contributed by atoms with E-state index in [9.17, 15) is 8.78 Å². The van der Waals surface area contributed by atoms with Crippen LogP contribution in [0, 0.1) is 28.9 Å². The number of ether oxygens (including phenoxy) is 2. The van der Waals surface area contributed by atoms with E-state index in [1.54, 1.807) is 9.80 Å². The van der Waals surface area contributed by atoms with Crippen LogP contribution >= 0.6 is 0 Å². The smallest absolute Gasteiger partial charge is 0.319 e. The van der Waals surface area contributed by atoms with Gasteiger partial charge in [-0.2, -0.15) is 9.97 Å². The van der Waals surface area contributed by atoms with Crippen LogP contribution in [0.15, 0.2) is 24.4 Å². The van der Waals surface area contributed by atoms with Crippen LogP contribution in [0.1, 0.15) is 69.1 Å². The number of pyridine rings is 1. The first-order valence-corrected chi connectivity index (χ1v) is 21.4. The van der Waals surface area contributed by atoms with Gasteiger partial charge in [0.2, 0.25) is 0 Å². The van der Waals surface area contributed by atoms with Crippen LogP contribution in [0.4, 0.5) is 33.5 Å². The summed E-state index contributed by atoms with van der Waals surface area (Å²) in [6.07, 6.45) is -1.13. The maximum Gasteiger partial charge on any atom is 0.319 e. The molecule has 8 nitrogen and oxygen atoms in total. The third-order valence-corrected chi connectivity index (χ3v) is 18.7. The van der Waals surface area contributed by atoms with Gasteiger partial charge in [-0.05, 0) is 59.6 Å². The number of nitrogens with zero attached hydrogens (tertiary/aromatic N) is 5. The van der Waals surface area contributed by atoms with E-state index >= 15 is 13.2 Å². The Bertz CT molecular complexity index is 2320. The second-order valence-corrected chi connectivity index (χ2v) is 22.0. The number of hydrogen-bond acceptors (Lipinski definition) is 8. The van der Waals surface area contributed by atoms with Crippen LogP contribution in [0.25, 0.3) is 32.9 Å². The van der Waals surface area contributed by atoms with Gasteiger partial charge in [0.1, 0.15) is 43.9 Å². The van der Waals surface area contributed by atoms with E-state index in [2.05, 4.69) is 68.0 Å². The molecule has 5 atom stereocenters. The SMILES string of the molecule is [2H]C([2H])(Oc1nc(N2CCO[C@@H]3[C@@H](F)[C@@H]32)c2cnc(-c3cc(N)cc4cc(F)c(F)c(C#C[Si](C(C)C)(C(C)C)C(C)C)c34)c(F)c2n1)[C@@]12CCCN1C[C@H](F)C2. The van der Waals surface area contributed by atoms with Crippen molar-refractivity contribution in [3.8, 4) is 28.7 Å². The summed E-state index contributed by atoms with van der Waals surface area (Å²) in [4.78, 5) is 16.8. The summed E-state index contributed by atoms with van der Waals surface area (Å²) >= 11 is 0. The Balaban J connectivity index is 1.34. The summed E-state index contributed by atoms with van der Waals surface area (Å²) < 4.78 is 108. The van der Waals surface area contributed by atoms with Crippen molar-refractivity contribution in [3.63, 3.8) is 0 Å². The van der Waals surface area contributed by atoms with E-state index in [1.165, 1.54) is 18.3 Å². The Labute approximate surface area is 321 Å². The molecule has 8 rings (SSSR count). The van der Waals surface area contributed by atoms with Crippen molar-refractivity contribution in [1.29, 1.82) is 0 Å². The molecular formula is C41H47F5N6O2Si. The van der Waals surface area contributed by atoms with Crippen LogP contribution in [0.2, 0.25) is 16.6 Å². The third kappa shape index (κ3) is 6.12. The fraction of sp³-hybridized carbons (Fsp3) is 0.537. The number of hydrogen-bond donors (Lipinski definition) is 1. The number of nitrogen functional groups attached to an aromatic ring is 1. The highest BCUT2D eigenvalue weighted by atomic mass is 28.3. The molecule has 2 aromatic heterocycles. The Hall–Kier alpha value is -4.06. The number of rotatable bonds is 8. The van der Waals surface area contributed by atoms with Gasteiger partial charge in [-0.25, -0.2) is 22.0 Å². The first-order valence-electron chi connectivity index (χ1n) is 20.1. The van der Waals surface area contributed by atoms with Crippen LogP contribution in [-0.2, 0) is 4.74 Å². The van der Waals surface area contributed by atoms with Crippen molar-refractivity contribution in [2.45, 2.75) is 107 Å². The van der Waals surface area contributed by atoms with Gasteiger partial charge in [-0.1, -0.05) is 47.5 Å². The van der Waals surface area contributed by atoms with Crippen molar-refractivity contribution in [1.82, 2.24) is 19.9 Å². The first-order chi connectivity index (χ1) is 26.9. The van der Waals surface area contributed by atoms with Gasteiger partial charge in [0.15, 0.2) is 23.6 Å². The van der Waals surface area contributed by atoms with E-state index in [1.807, 2.05) is 0 Å². The average molecular weight is 781 g/mol. The fourth-order valence-corrected chi connectivity index (χ4v) is 15.0. The predicted molar refractivity (Wildman–Crippen MR) is 207 cm³/mol. The van der Waals surface area contributed by atoms with Gasteiger partial charge in [-0.15, -0.1) is 5.54 Å². The van der Waals surface area contributed by atoms with Crippen molar-refractivity contribution in [2.24, 2.45) is 0 Å². The zero-order valence-corrected chi connectivity index (χ0v) is 32.8. The molecule has 1 aliphatic carbocycles. The van der Waals surface area contributed by atoms with E-state index in [0.717, 1.165) is 6.07 Å². The number of aromatic nitrogens is 3. The molecule has 0 unspecified atom stereocenters. The standard InChI is InChI=1S/C41H47F5N6O2Si/c1-21(2)55(22(3)4,23(5)6)13-8-27-31-24(15-30(43)32(27)44)14-26(47)16-28(31)35-33(45)36-29(18-48-35)39(52-11-12-53-38-34(46)37(38)52)50-40(49-36)54-20-41-9-7-10-51(41)19-25(42)17-41/h14-16,18,21-23,25,34,37-38H,7,9-12,17,19-20,47H2,1-6H3/t25-,34+,37+,38-,41+/m1/s1/i20D2. The summed E-state index contributed by atoms with van der Waals surface area (Å²) in [6, 6.07) is 2.62. The lowest BCUT2D eigenvalue weighted by Crippen LogP contribution is -2.43. The lowest BCUT2D eigenvalue weighted by molar-refractivity contribution is 0.0912. The Morgan fingerprint density at radius 1 is 1.05 bits per heavy atom.